The zero-order chi connectivity index (χ0) is 9.97. The highest BCUT2D eigenvalue weighted by atomic mass is 15.0. The first kappa shape index (κ1) is 9.21. The number of fused-ring (bicyclic) bond motifs is 2. The molecule has 1 nitrogen and oxygen atoms in total. The van der Waals surface area contributed by atoms with E-state index in [0.29, 0.717) is 11.0 Å². The summed E-state index contributed by atoms with van der Waals surface area (Å²) in [5, 5.41) is 3.58. The van der Waals surface area contributed by atoms with Gasteiger partial charge in [-0.3, -0.25) is 0 Å². The minimum Gasteiger partial charge on any atom is -0.314 e. The molecule has 2 bridgehead atoms. The predicted molar refractivity (Wildman–Crippen MR) is 59.1 cm³/mol. The fraction of sp³-hybridized carbons (Fsp3) is 1.00. The molecule has 4 rings (SSSR count). The molecule has 0 spiro atoms. The number of hydrogen-bond acceptors (Lipinski definition) is 1. The molecule has 0 aromatic rings. The standard InChI is InChI=1S/C13H23N/c1-12(2,14-3)13-6-4-9(5-7-13)10-8-11(10)13/h9-11,14H,4-8H2,1-3H3. The summed E-state index contributed by atoms with van der Waals surface area (Å²) in [4.78, 5) is 0. The van der Waals surface area contributed by atoms with Crippen LogP contribution in [0.1, 0.15) is 46.0 Å². The summed E-state index contributed by atoms with van der Waals surface area (Å²) in [6.45, 7) is 4.85. The van der Waals surface area contributed by atoms with Gasteiger partial charge < -0.3 is 5.32 Å². The maximum Gasteiger partial charge on any atom is 0.0181 e. The van der Waals surface area contributed by atoms with Gasteiger partial charge in [-0.1, -0.05) is 0 Å². The first-order chi connectivity index (χ1) is 6.61. The van der Waals surface area contributed by atoms with Gasteiger partial charge in [-0.25, -0.2) is 0 Å². The van der Waals surface area contributed by atoms with Gasteiger partial charge in [0.05, 0.1) is 0 Å². The van der Waals surface area contributed by atoms with Crippen molar-refractivity contribution < 1.29 is 0 Å². The van der Waals surface area contributed by atoms with Gasteiger partial charge in [0.1, 0.15) is 0 Å². The molecule has 0 aromatic carbocycles. The van der Waals surface area contributed by atoms with Crippen LogP contribution in [-0.2, 0) is 0 Å². The van der Waals surface area contributed by atoms with E-state index in [1.165, 1.54) is 25.7 Å². The molecule has 1 heteroatoms. The van der Waals surface area contributed by atoms with Crippen LogP contribution in [0.2, 0.25) is 0 Å². The summed E-state index contributed by atoms with van der Waals surface area (Å²) in [5.74, 6) is 3.33. The summed E-state index contributed by atoms with van der Waals surface area (Å²) in [6.07, 6.45) is 7.58. The van der Waals surface area contributed by atoms with Crippen molar-refractivity contribution in [1.29, 1.82) is 0 Å². The van der Waals surface area contributed by atoms with Crippen molar-refractivity contribution in [1.82, 2.24) is 5.32 Å². The highest BCUT2D eigenvalue weighted by molar-refractivity contribution is 5.17. The van der Waals surface area contributed by atoms with E-state index in [1.54, 1.807) is 6.42 Å². The Morgan fingerprint density at radius 3 is 2.43 bits per heavy atom. The molecule has 0 saturated heterocycles. The van der Waals surface area contributed by atoms with Gasteiger partial charge >= 0.3 is 0 Å². The fourth-order valence-electron chi connectivity index (χ4n) is 4.66. The van der Waals surface area contributed by atoms with Crippen molar-refractivity contribution in [3.63, 3.8) is 0 Å². The van der Waals surface area contributed by atoms with Crippen LogP contribution in [0.4, 0.5) is 0 Å². The van der Waals surface area contributed by atoms with Crippen molar-refractivity contribution in [3.8, 4) is 0 Å². The van der Waals surface area contributed by atoms with Crippen LogP contribution in [0.15, 0.2) is 0 Å². The highest BCUT2D eigenvalue weighted by Crippen LogP contribution is 2.71. The first-order valence-electron chi connectivity index (χ1n) is 6.30. The lowest BCUT2D eigenvalue weighted by Crippen LogP contribution is -2.57. The molecule has 4 saturated carbocycles. The molecule has 0 amide bonds. The minimum absolute atomic E-state index is 0.359. The molecule has 2 atom stereocenters. The third-order valence-corrected chi connectivity index (χ3v) is 5.95. The molecule has 14 heavy (non-hydrogen) atoms. The van der Waals surface area contributed by atoms with E-state index >= 15 is 0 Å². The maximum atomic E-state index is 3.58. The van der Waals surface area contributed by atoms with E-state index in [2.05, 4.69) is 26.2 Å². The molecule has 0 heterocycles. The molecule has 0 aliphatic heterocycles. The largest absolute Gasteiger partial charge is 0.314 e. The van der Waals surface area contributed by atoms with Crippen LogP contribution < -0.4 is 5.32 Å². The Bertz CT molecular complexity index is 248. The van der Waals surface area contributed by atoms with E-state index < -0.39 is 0 Å². The zero-order valence-corrected chi connectivity index (χ0v) is 9.77. The van der Waals surface area contributed by atoms with Crippen LogP contribution in [-0.4, -0.2) is 12.6 Å². The van der Waals surface area contributed by atoms with E-state index in [-0.39, 0.29) is 0 Å². The van der Waals surface area contributed by atoms with Gasteiger partial charge in [0, 0.05) is 5.54 Å². The topological polar surface area (TPSA) is 12.0 Å². The average molecular weight is 193 g/mol. The summed E-state index contributed by atoms with van der Waals surface area (Å²) >= 11 is 0. The molecule has 1 N–H and O–H groups in total. The first-order valence-corrected chi connectivity index (χ1v) is 6.30. The van der Waals surface area contributed by atoms with Crippen molar-refractivity contribution >= 4 is 0 Å². The number of hydrogen-bond donors (Lipinski definition) is 1. The molecule has 0 aromatic heterocycles. The Hall–Kier alpha value is -0.0400. The summed E-state index contributed by atoms with van der Waals surface area (Å²) in [6, 6.07) is 0. The maximum absolute atomic E-state index is 3.58. The molecule has 4 aliphatic rings. The van der Waals surface area contributed by atoms with Gasteiger partial charge in [-0.05, 0) is 76.2 Å². The normalized spacial score (nSPS) is 50.4. The van der Waals surface area contributed by atoms with E-state index in [1.807, 2.05) is 0 Å². The van der Waals surface area contributed by atoms with Gasteiger partial charge in [0.2, 0.25) is 0 Å². The van der Waals surface area contributed by atoms with Gasteiger partial charge in [0.15, 0.2) is 0 Å². The lowest BCUT2D eigenvalue weighted by molar-refractivity contribution is -0.0219. The van der Waals surface area contributed by atoms with Crippen LogP contribution >= 0.6 is 0 Å². The summed E-state index contributed by atoms with van der Waals surface area (Å²) < 4.78 is 0. The molecule has 4 aliphatic carbocycles. The third-order valence-electron chi connectivity index (χ3n) is 5.95. The monoisotopic (exact) mass is 193 g/mol. The second-order valence-electron chi connectivity index (χ2n) is 6.37. The predicted octanol–water partition coefficient (Wildman–Crippen LogP) is 2.81. The third kappa shape index (κ3) is 0.900. The minimum atomic E-state index is 0.359. The van der Waals surface area contributed by atoms with Gasteiger partial charge in [-0.2, -0.15) is 0 Å². The number of nitrogens with one attached hydrogen (secondary N) is 1. The van der Waals surface area contributed by atoms with Crippen LogP contribution in [0, 0.1) is 23.2 Å². The highest BCUT2D eigenvalue weighted by Gasteiger charge is 2.65. The van der Waals surface area contributed by atoms with E-state index in [4.69, 9.17) is 0 Å². The Morgan fingerprint density at radius 2 is 1.86 bits per heavy atom. The second-order valence-corrected chi connectivity index (χ2v) is 6.37. The summed E-state index contributed by atoms with van der Waals surface area (Å²) in [5.41, 5.74) is 1.01. The Balaban J connectivity index is 1.95. The summed E-state index contributed by atoms with van der Waals surface area (Å²) in [7, 11) is 2.15. The lowest BCUT2D eigenvalue weighted by Gasteiger charge is -2.55. The lowest BCUT2D eigenvalue weighted by atomic mass is 9.53. The second kappa shape index (κ2) is 2.55. The van der Waals surface area contributed by atoms with Crippen molar-refractivity contribution in [2.75, 3.05) is 7.05 Å². The average Bonchev–Trinajstić information content (AvgIpc) is 3.00. The quantitative estimate of drug-likeness (QED) is 0.711. The van der Waals surface area contributed by atoms with Crippen molar-refractivity contribution in [2.45, 2.75) is 51.5 Å². The van der Waals surface area contributed by atoms with Crippen LogP contribution in [0.3, 0.4) is 0 Å². The van der Waals surface area contributed by atoms with E-state index in [9.17, 15) is 0 Å². The molecule has 80 valence electrons. The molecular weight excluding hydrogens is 170 g/mol. The molecule has 4 fully saturated rings. The SMILES string of the molecule is CNC(C)(C)C12CCC(CC1)C1CC12. The number of rotatable bonds is 2. The van der Waals surface area contributed by atoms with Crippen molar-refractivity contribution in [2.24, 2.45) is 23.2 Å². The van der Waals surface area contributed by atoms with Crippen LogP contribution in [0.5, 0.6) is 0 Å². The van der Waals surface area contributed by atoms with E-state index in [0.717, 1.165) is 17.8 Å². The molecular formula is C13H23N. The van der Waals surface area contributed by atoms with Crippen LogP contribution in [0.25, 0.3) is 0 Å². The van der Waals surface area contributed by atoms with Crippen molar-refractivity contribution in [3.05, 3.63) is 0 Å². The Labute approximate surface area is 87.7 Å². The Kier molecular flexibility index (Phi) is 1.68. The zero-order valence-electron chi connectivity index (χ0n) is 9.77. The smallest absolute Gasteiger partial charge is 0.0181 e. The molecule has 0 radical (unpaired) electrons. The Morgan fingerprint density at radius 1 is 1.21 bits per heavy atom. The fourth-order valence-corrected chi connectivity index (χ4v) is 4.66. The van der Waals surface area contributed by atoms with Gasteiger partial charge in [-0.15, -0.1) is 0 Å². The molecule has 2 unspecified atom stereocenters. The van der Waals surface area contributed by atoms with Gasteiger partial charge in [0.25, 0.3) is 0 Å².